The number of hydrogen-bond donors (Lipinski definition) is 2. The highest BCUT2D eigenvalue weighted by Gasteiger charge is 2.10. The zero-order valence-corrected chi connectivity index (χ0v) is 12.2. The highest BCUT2D eigenvalue weighted by Crippen LogP contribution is 2.22. The molecule has 6 heteroatoms. The van der Waals surface area contributed by atoms with Gasteiger partial charge in [-0.2, -0.15) is 5.10 Å². The Hall–Kier alpha value is -1.82. The predicted molar refractivity (Wildman–Crippen MR) is 78.4 cm³/mol. The second kappa shape index (κ2) is 6.56. The van der Waals surface area contributed by atoms with Crippen LogP contribution in [0.5, 0.6) is 0 Å². The Kier molecular flexibility index (Phi) is 4.79. The molecule has 2 aromatic rings. The van der Waals surface area contributed by atoms with E-state index in [1.807, 2.05) is 13.8 Å². The Bertz CT molecular complexity index is 612. The van der Waals surface area contributed by atoms with Crippen LogP contribution in [0.15, 0.2) is 29.2 Å². The first-order valence-electron chi connectivity index (χ1n) is 6.26. The van der Waals surface area contributed by atoms with E-state index in [9.17, 15) is 9.18 Å². The highest BCUT2D eigenvalue weighted by atomic mass is 32.2. The second-order valence-electron chi connectivity index (χ2n) is 4.40. The summed E-state index contributed by atoms with van der Waals surface area (Å²) in [6.45, 7) is 3.79. The van der Waals surface area contributed by atoms with Crippen molar-refractivity contribution in [2.75, 3.05) is 11.1 Å². The Morgan fingerprint density at radius 2 is 2.15 bits per heavy atom. The Morgan fingerprint density at radius 3 is 2.80 bits per heavy atom. The van der Waals surface area contributed by atoms with Crippen molar-refractivity contribution in [3.63, 3.8) is 0 Å². The van der Waals surface area contributed by atoms with Crippen LogP contribution < -0.4 is 5.32 Å². The number of thioether (sulfide) groups is 1. The minimum atomic E-state index is -0.253. The van der Waals surface area contributed by atoms with Crippen molar-refractivity contribution in [1.29, 1.82) is 0 Å². The number of nitrogens with zero attached hydrogens (tertiary/aromatic N) is 1. The maximum Gasteiger partial charge on any atom is 0.226 e. The summed E-state index contributed by atoms with van der Waals surface area (Å²) in [5, 5.41) is 9.57. The molecule has 0 saturated carbocycles. The number of carbonyl (C=O) groups excluding carboxylic acids is 1. The average molecular weight is 293 g/mol. The van der Waals surface area contributed by atoms with Gasteiger partial charge in [-0.15, -0.1) is 11.8 Å². The molecule has 1 heterocycles. The maximum atomic E-state index is 13.4. The van der Waals surface area contributed by atoms with Crippen LogP contribution in [-0.2, 0) is 4.79 Å². The third-order valence-corrected chi connectivity index (χ3v) is 3.98. The molecule has 2 rings (SSSR count). The molecule has 0 radical (unpaired) electrons. The summed E-state index contributed by atoms with van der Waals surface area (Å²) in [5.74, 6) is 0.707. The first kappa shape index (κ1) is 14.6. The topological polar surface area (TPSA) is 57.8 Å². The van der Waals surface area contributed by atoms with Gasteiger partial charge in [-0.05, 0) is 26.0 Å². The van der Waals surface area contributed by atoms with Crippen LogP contribution in [0.25, 0.3) is 0 Å². The smallest absolute Gasteiger partial charge is 0.226 e. The fourth-order valence-corrected chi connectivity index (χ4v) is 2.50. The standard InChI is InChI=1S/C14H16FN3OS/c1-9-10(2)17-18-14(9)16-13(19)7-8-20-12-6-4-3-5-11(12)15/h3-6H,7-8H2,1-2H3,(H2,16,17,18,19). The summed E-state index contributed by atoms with van der Waals surface area (Å²) < 4.78 is 13.4. The molecular formula is C14H16FN3OS. The van der Waals surface area contributed by atoms with Gasteiger partial charge < -0.3 is 5.32 Å². The van der Waals surface area contributed by atoms with Gasteiger partial charge in [0.15, 0.2) is 5.82 Å². The van der Waals surface area contributed by atoms with Gasteiger partial charge in [0.05, 0.1) is 0 Å². The molecular weight excluding hydrogens is 277 g/mol. The van der Waals surface area contributed by atoms with E-state index >= 15 is 0 Å². The first-order valence-corrected chi connectivity index (χ1v) is 7.25. The average Bonchev–Trinajstić information content (AvgIpc) is 2.73. The fraction of sp³-hybridized carbons (Fsp3) is 0.286. The molecule has 0 spiro atoms. The number of carbonyl (C=O) groups is 1. The molecule has 0 fully saturated rings. The Labute approximate surface area is 121 Å². The minimum Gasteiger partial charge on any atom is -0.309 e. The van der Waals surface area contributed by atoms with E-state index in [0.29, 0.717) is 22.9 Å². The molecule has 0 atom stereocenters. The van der Waals surface area contributed by atoms with Gasteiger partial charge in [-0.1, -0.05) is 12.1 Å². The van der Waals surface area contributed by atoms with Gasteiger partial charge >= 0.3 is 0 Å². The SMILES string of the molecule is Cc1[nH]nc(NC(=O)CCSc2ccccc2F)c1C. The molecule has 0 saturated heterocycles. The molecule has 20 heavy (non-hydrogen) atoms. The first-order chi connectivity index (χ1) is 9.58. The number of halogens is 1. The lowest BCUT2D eigenvalue weighted by atomic mass is 10.3. The van der Waals surface area contributed by atoms with Crippen molar-refractivity contribution in [3.8, 4) is 0 Å². The van der Waals surface area contributed by atoms with Crippen LogP contribution in [0.2, 0.25) is 0 Å². The molecule has 0 aliphatic heterocycles. The molecule has 0 aliphatic rings. The lowest BCUT2D eigenvalue weighted by Gasteiger charge is -2.04. The number of rotatable bonds is 5. The van der Waals surface area contributed by atoms with Crippen LogP contribution in [0.4, 0.5) is 10.2 Å². The quantitative estimate of drug-likeness (QED) is 0.832. The van der Waals surface area contributed by atoms with Gasteiger partial charge in [0, 0.05) is 28.3 Å². The van der Waals surface area contributed by atoms with Crippen molar-refractivity contribution in [1.82, 2.24) is 10.2 Å². The Balaban J connectivity index is 1.81. The summed E-state index contributed by atoms with van der Waals surface area (Å²) in [6, 6.07) is 6.55. The van der Waals surface area contributed by atoms with E-state index in [-0.39, 0.29) is 11.7 Å². The zero-order chi connectivity index (χ0) is 14.5. The van der Waals surface area contributed by atoms with E-state index in [4.69, 9.17) is 0 Å². The van der Waals surface area contributed by atoms with Gasteiger partial charge in [-0.3, -0.25) is 9.89 Å². The molecule has 0 unspecified atom stereocenters. The third-order valence-electron chi connectivity index (χ3n) is 2.93. The summed E-state index contributed by atoms with van der Waals surface area (Å²) in [4.78, 5) is 12.3. The van der Waals surface area contributed by atoms with E-state index in [1.54, 1.807) is 18.2 Å². The van der Waals surface area contributed by atoms with Crippen LogP contribution in [-0.4, -0.2) is 21.9 Å². The molecule has 1 aromatic carbocycles. The van der Waals surface area contributed by atoms with E-state index in [2.05, 4.69) is 15.5 Å². The van der Waals surface area contributed by atoms with Crippen LogP contribution in [0, 0.1) is 19.7 Å². The van der Waals surface area contributed by atoms with Crippen LogP contribution in [0.1, 0.15) is 17.7 Å². The van der Waals surface area contributed by atoms with Gasteiger partial charge in [0.1, 0.15) is 5.82 Å². The second-order valence-corrected chi connectivity index (χ2v) is 5.54. The number of aromatic amines is 1. The number of anilines is 1. The van der Waals surface area contributed by atoms with E-state index < -0.39 is 0 Å². The van der Waals surface area contributed by atoms with E-state index in [0.717, 1.165) is 11.3 Å². The summed E-state index contributed by atoms with van der Waals surface area (Å²) in [7, 11) is 0. The minimum absolute atomic E-state index is 0.122. The third kappa shape index (κ3) is 3.60. The fourth-order valence-electron chi connectivity index (χ4n) is 1.62. The number of aromatic nitrogens is 2. The number of aryl methyl sites for hydroxylation is 1. The number of benzene rings is 1. The number of H-pyrrole nitrogens is 1. The van der Waals surface area contributed by atoms with Gasteiger partial charge in [0.2, 0.25) is 5.91 Å². The van der Waals surface area contributed by atoms with Gasteiger partial charge in [0.25, 0.3) is 0 Å². The van der Waals surface area contributed by atoms with Crippen molar-refractivity contribution < 1.29 is 9.18 Å². The summed E-state index contributed by atoms with van der Waals surface area (Å²) >= 11 is 1.33. The largest absolute Gasteiger partial charge is 0.309 e. The molecule has 2 N–H and O–H groups in total. The van der Waals surface area contributed by atoms with Crippen LogP contribution >= 0.6 is 11.8 Å². The van der Waals surface area contributed by atoms with Crippen molar-refractivity contribution in [3.05, 3.63) is 41.3 Å². The summed E-state index contributed by atoms with van der Waals surface area (Å²) in [6.07, 6.45) is 0.310. The predicted octanol–water partition coefficient (Wildman–Crippen LogP) is 3.29. The molecule has 0 aliphatic carbocycles. The summed E-state index contributed by atoms with van der Waals surface area (Å²) in [5.41, 5.74) is 1.86. The maximum absolute atomic E-state index is 13.4. The lowest BCUT2D eigenvalue weighted by molar-refractivity contribution is -0.115. The Morgan fingerprint density at radius 1 is 1.40 bits per heavy atom. The lowest BCUT2D eigenvalue weighted by Crippen LogP contribution is -2.13. The van der Waals surface area contributed by atoms with Crippen LogP contribution in [0.3, 0.4) is 0 Å². The number of hydrogen-bond acceptors (Lipinski definition) is 3. The molecule has 0 bridgehead atoms. The van der Waals surface area contributed by atoms with Gasteiger partial charge in [-0.25, -0.2) is 4.39 Å². The molecule has 1 amide bonds. The normalized spacial score (nSPS) is 10.6. The van der Waals surface area contributed by atoms with E-state index in [1.165, 1.54) is 17.8 Å². The highest BCUT2D eigenvalue weighted by molar-refractivity contribution is 7.99. The zero-order valence-electron chi connectivity index (χ0n) is 11.4. The molecule has 106 valence electrons. The van der Waals surface area contributed by atoms with Crippen molar-refractivity contribution >= 4 is 23.5 Å². The number of amides is 1. The van der Waals surface area contributed by atoms with Crippen molar-refractivity contribution in [2.24, 2.45) is 0 Å². The molecule has 4 nitrogen and oxygen atoms in total. The number of nitrogens with one attached hydrogen (secondary N) is 2. The monoisotopic (exact) mass is 293 g/mol. The van der Waals surface area contributed by atoms with Crippen molar-refractivity contribution in [2.45, 2.75) is 25.2 Å². The molecule has 1 aromatic heterocycles.